The molecular formula is C28H39N3O5. The summed E-state index contributed by atoms with van der Waals surface area (Å²) in [5, 5.41) is 0. The maximum absolute atomic E-state index is 13.4. The minimum atomic E-state index is -0.0705. The molecule has 8 heteroatoms. The van der Waals surface area contributed by atoms with Crippen LogP contribution in [0.15, 0.2) is 18.2 Å². The number of Topliss-reactive ketones (excluding diaryl/α,β-unsaturated/α-hetero) is 1. The number of benzene rings is 1. The monoisotopic (exact) mass is 497 g/mol. The Balaban J connectivity index is 1.41. The molecule has 4 rings (SSSR count). The second-order valence-electron chi connectivity index (χ2n) is 9.48. The minimum absolute atomic E-state index is 0.0705. The number of hydrogen-bond donors (Lipinski definition) is 0. The van der Waals surface area contributed by atoms with E-state index in [2.05, 4.69) is 23.3 Å². The number of amides is 1. The molecule has 8 nitrogen and oxygen atoms in total. The highest BCUT2D eigenvalue weighted by Crippen LogP contribution is 2.40. The highest BCUT2D eigenvalue weighted by atomic mass is 16.5. The Morgan fingerprint density at radius 3 is 1.97 bits per heavy atom. The molecule has 36 heavy (non-hydrogen) atoms. The molecule has 0 spiro atoms. The summed E-state index contributed by atoms with van der Waals surface area (Å²) in [4.78, 5) is 30.4. The van der Waals surface area contributed by atoms with Crippen LogP contribution in [-0.2, 0) is 0 Å². The summed E-state index contributed by atoms with van der Waals surface area (Å²) in [6, 6.07) is 6.08. The lowest BCUT2D eigenvalue weighted by molar-refractivity contribution is 0.0623. The first-order chi connectivity index (χ1) is 17.4. The Labute approximate surface area is 214 Å². The Morgan fingerprint density at radius 1 is 0.861 bits per heavy atom. The first-order valence-electron chi connectivity index (χ1n) is 13.2. The lowest BCUT2D eigenvalue weighted by Gasteiger charge is -2.34. The highest BCUT2D eigenvalue weighted by molar-refractivity contribution is 5.99. The molecule has 0 atom stereocenters. The molecule has 0 unspecified atom stereocenters. The number of rotatable bonds is 11. The van der Waals surface area contributed by atoms with Crippen LogP contribution in [-0.4, -0.2) is 78.6 Å². The van der Waals surface area contributed by atoms with E-state index in [0.29, 0.717) is 81.4 Å². The highest BCUT2D eigenvalue weighted by Gasteiger charge is 2.30. The van der Waals surface area contributed by atoms with Gasteiger partial charge in [0.25, 0.3) is 5.91 Å². The minimum Gasteiger partial charge on any atom is -0.490 e. The largest absolute Gasteiger partial charge is 0.490 e. The molecule has 2 aromatic rings. The van der Waals surface area contributed by atoms with Gasteiger partial charge < -0.3 is 23.7 Å². The number of hydrogen-bond acceptors (Lipinski definition) is 6. The maximum atomic E-state index is 13.4. The van der Waals surface area contributed by atoms with Gasteiger partial charge in [-0.3, -0.25) is 14.5 Å². The van der Waals surface area contributed by atoms with E-state index in [9.17, 15) is 9.59 Å². The van der Waals surface area contributed by atoms with E-state index < -0.39 is 0 Å². The quantitative estimate of drug-likeness (QED) is 0.432. The molecule has 0 bridgehead atoms. The molecule has 196 valence electrons. The second kappa shape index (κ2) is 11.4. The normalized spacial score (nSPS) is 16.2. The smallest absolute Gasteiger partial charge is 0.254 e. The van der Waals surface area contributed by atoms with Gasteiger partial charge in [-0.25, -0.2) is 0 Å². The van der Waals surface area contributed by atoms with Crippen molar-refractivity contribution in [3.63, 3.8) is 0 Å². The Morgan fingerprint density at radius 2 is 1.44 bits per heavy atom. The van der Waals surface area contributed by atoms with Gasteiger partial charge in [-0.2, -0.15) is 0 Å². The molecule has 2 fully saturated rings. The fraction of sp³-hybridized carbons (Fsp3) is 0.571. The van der Waals surface area contributed by atoms with Gasteiger partial charge >= 0.3 is 0 Å². The van der Waals surface area contributed by atoms with Crippen LogP contribution in [0.1, 0.15) is 71.8 Å². The van der Waals surface area contributed by atoms with Crippen molar-refractivity contribution in [3.8, 4) is 17.2 Å². The van der Waals surface area contributed by atoms with Gasteiger partial charge in [-0.1, -0.05) is 0 Å². The van der Waals surface area contributed by atoms with Crippen LogP contribution in [0.2, 0.25) is 0 Å². The fourth-order valence-corrected chi connectivity index (χ4v) is 5.05. The van der Waals surface area contributed by atoms with Gasteiger partial charge in [0.2, 0.25) is 5.75 Å². The molecule has 1 aliphatic heterocycles. The number of carbonyl (C=O) groups excluding carboxylic acids is 2. The standard InChI is InChI=1S/C28H39N3O5/c1-6-34-25-16-21(17-26(35-7-2)27(25)36-8-3)28(33)30-13-11-29(12-14-30)18-24(32)23-15-19(4)31(20(23)5)22-9-10-22/h15-17,22H,6-14,18H2,1-5H3. The molecule has 0 N–H and O–H groups in total. The number of carbonyl (C=O) groups is 2. The molecule has 1 aromatic carbocycles. The van der Waals surface area contributed by atoms with Crippen molar-refractivity contribution in [2.45, 2.75) is 53.5 Å². The van der Waals surface area contributed by atoms with Gasteiger partial charge in [0.05, 0.1) is 26.4 Å². The van der Waals surface area contributed by atoms with Gasteiger partial charge in [0.1, 0.15) is 0 Å². The predicted molar refractivity (Wildman–Crippen MR) is 139 cm³/mol. The Hall–Kier alpha value is -3.00. The summed E-state index contributed by atoms with van der Waals surface area (Å²) in [5.41, 5.74) is 3.60. The summed E-state index contributed by atoms with van der Waals surface area (Å²) in [5.74, 6) is 1.65. The summed E-state index contributed by atoms with van der Waals surface area (Å²) in [6.45, 7) is 14.0. The van der Waals surface area contributed by atoms with E-state index in [1.165, 1.54) is 18.5 Å². The van der Waals surface area contributed by atoms with Crippen molar-refractivity contribution in [3.05, 3.63) is 40.7 Å². The molecule has 1 amide bonds. The molecule has 1 saturated heterocycles. The SMILES string of the molecule is CCOc1cc(C(=O)N2CCN(CC(=O)c3cc(C)n(C4CC4)c3C)CC2)cc(OCC)c1OCC. The zero-order valence-corrected chi connectivity index (χ0v) is 22.3. The molecule has 0 radical (unpaired) electrons. The van der Waals surface area contributed by atoms with Crippen molar-refractivity contribution in [1.82, 2.24) is 14.4 Å². The zero-order chi connectivity index (χ0) is 25.8. The van der Waals surface area contributed by atoms with E-state index in [-0.39, 0.29) is 11.7 Å². The van der Waals surface area contributed by atoms with Crippen molar-refractivity contribution in [2.24, 2.45) is 0 Å². The Kier molecular flexibility index (Phi) is 8.24. The van der Waals surface area contributed by atoms with Gasteiger partial charge in [0, 0.05) is 54.7 Å². The predicted octanol–water partition coefficient (Wildman–Crippen LogP) is 4.28. The summed E-state index contributed by atoms with van der Waals surface area (Å²) in [7, 11) is 0. The molecule has 1 aromatic heterocycles. The van der Waals surface area contributed by atoms with E-state index in [4.69, 9.17) is 14.2 Å². The van der Waals surface area contributed by atoms with Crippen LogP contribution in [0.4, 0.5) is 0 Å². The van der Waals surface area contributed by atoms with Crippen LogP contribution >= 0.6 is 0 Å². The lowest BCUT2D eigenvalue weighted by atomic mass is 10.1. The van der Waals surface area contributed by atoms with Crippen LogP contribution in [0.5, 0.6) is 17.2 Å². The summed E-state index contributed by atoms with van der Waals surface area (Å²) in [6.07, 6.45) is 2.40. The number of aromatic nitrogens is 1. The third kappa shape index (κ3) is 5.53. The average Bonchev–Trinajstić information content (AvgIpc) is 3.65. The first kappa shape index (κ1) is 26.1. The number of piperazine rings is 1. The average molecular weight is 498 g/mol. The van der Waals surface area contributed by atoms with Crippen LogP contribution in [0.3, 0.4) is 0 Å². The van der Waals surface area contributed by atoms with Crippen LogP contribution < -0.4 is 14.2 Å². The second-order valence-corrected chi connectivity index (χ2v) is 9.48. The third-order valence-corrected chi connectivity index (χ3v) is 6.88. The van der Waals surface area contributed by atoms with Crippen LogP contribution in [0.25, 0.3) is 0 Å². The fourth-order valence-electron chi connectivity index (χ4n) is 5.05. The van der Waals surface area contributed by atoms with Gasteiger partial charge in [0.15, 0.2) is 17.3 Å². The van der Waals surface area contributed by atoms with Crippen molar-refractivity contribution in [2.75, 3.05) is 52.5 Å². The number of ketones is 1. The van der Waals surface area contributed by atoms with Gasteiger partial charge in [-0.05, 0) is 65.7 Å². The lowest BCUT2D eigenvalue weighted by Crippen LogP contribution is -2.49. The number of aryl methyl sites for hydroxylation is 1. The van der Waals surface area contributed by atoms with Crippen molar-refractivity contribution in [1.29, 1.82) is 0 Å². The molecule has 1 aliphatic carbocycles. The number of ether oxygens (including phenoxy) is 3. The topological polar surface area (TPSA) is 73.2 Å². The molecular weight excluding hydrogens is 458 g/mol. The maximum Gasteiger partial charge on any atom is 0.254 e. The van der Waals surface area contributed by atoms with Gasteiger partial charge in [-0.15, -0.1) is 0 Å². The van der Waals surface area contributed by atoms with E-state index >= 15 is 0 Å². The first-order valence-corrected chi connectivity index (χ1v) is 13.2. The van der Waals surface area contributed by atoms with Crippen molar-refractivity contribution < 1.29 is 23.8 Å². The van der Waals surface area contributed by atoms with Crippen LogP contribution in [0, 0.1) is 13.8 Å². The molecule has 1 saturated carbocycles. The third-order valence-electron chi connectivity index (χ3n) is 6.88. The van der Waals surface area contributed by atoms with E-state index in [1.54, 1.807) is 12.1 Å². The number of nitrogens with zero attached hydrogens (tertiary/aromatic N) is 3. The Bertz CT molecular complexity index is 1070. The van der Waals surface area contributed by atoms with E-state index in [1.807, 2.05) is 31.7 Å². The molecule has 2 aliphatic rings. The molecule has 2 heterocycles. The van der Waals surface area contributed by atoms with E-state index in [0.717, 1.165) is 11.3 Å². The zero-order valence-electron chi connectivity index (χ0n) is 22.3. The van der Waals surface area contributed by atoms with Crippen molar-refractivity contribution >= 4 is 11.7 Å². The summed E-state index contributed by atoms with van der Waals surface area (Å²) >= 11 is 0. The summed E-state index contributed by atoms with van der Waals surface area (Å²) < 4.78 is 19.6.